The highest BCUT2D eigenvalue weighted by Crippen LogP contribution is 2.37. The molecule has 1 heterocycles. The molecule has 4 nitrogen and oxygen atoms in total. The zero-order chi connectivity index (χ0) is 11.8. The summed E-state index contributed by atoms with van der Waals surface area (Å²) in [5.74, 6) is 0.595. The van der Waals surface area contributed by atoms with Crippen molar-refractivity contribution in [2.45, 2.75) is 31.8 Å². The zero-order valence-electron chi connectivity index (χ0n) is 9.63. The summed E-state index contributed by atoms with van der Waals surface area (Å²) in [6, 6.07) is 7.24. The van der Waals surface area contributed by atoms with Gasteiger partial charge in [-0.25, -0.2) is 0 Å². The van der Waals surface area contributed by atoms with E-state index >= 15 is 0 Å². The summed E-state index contributed by atoms with van der Waals surface area (Å²) in [5, 5.41) is 1.40. The Balaban J connectivity index is 1.77. The normalized spacial score (nSPS) is 25.1. The first-order valence-corrected chi connectivity index (χ1v) is 6.09. The summed E-state index contributed by atoms with van der Waals surface area (Å²) in [4.78, 5) is 17.6. The van der Waals surface area contributed by atoms with Crippen molar-refractivity contribution in [2.24, 2.45) is 5.92 Å². The van der Waals surface area contributed by atoms with Crippen LogP contribution in [0.25, 0.3) is 0 Å². The first kappa shape index (κ1) is 10.6. The first-order valence-electron chi connectivity index (χ1n) is 6.09. The largest absolute Gasteiger partial charge is 0.399 e. The predicted molar refractivity (Wildman–Crippen MR) is 65.2 cm³/mol. The molecule has 1 unspecified atom stereocenters. The van der Waals surface area contributed by atoms with Crippen molar-refractivity contribution in [3.63, 3.8) is 0 Å². The number of hydroxylamine groups is 1. The van der Waals surface area contributed by atoms with Crippen LogP contribution in [0.3, 0.4) is 0 Å². The van der Waals surface area contributed by atoms with E-state index in [1.54, 1.807) is 12.1 Å². The number of hydrogen-bond acceptors (Lipinski definition) is 3. The lowest BCUT2D eigenvalue weighted by atomic mass is 9.80. The van der Waals surface area contributed by atoms with Crippen LogP contribution >= 0.6 is 0 Å². The molecule has 2 aliphatic rings. The van der Waals surface area contributed by atoms with Crippen LogP contribution in [0.2, 0.25) is 0 Å². The van der Waals surface area contributed by atoms with E-state index in [-0.39, 0.29) is 12.0 Å². The average Bonchev–Trinajstić information content (AvgIpc) is 2.57. The highest BCUT2D eigenvalue weighted by molar-refractivity contribution is 5.93. The Hall–Kier alpha value is -1.55. The summed E-state index contributed by atoms with van der Waals surface area (Å²) >= 11 is 0. The fraction of sp³-hybridized carbons (Fsp3) is 0.462. The standard InChI is InChI=1S/C13H16N2O2/c14-10-5-2-6-11(7-10)15-13(16)8-12(17-15)9-3-1-4-9/h2,5-7,9,12H,1,3-4,8,14H2. The van der Waals surface area contributed by atoms with Gasteiger partial charge in [0.1, 0.15) is 0 Å². The smallest absolute Gasteiger partial charge is 0.253 e. The zero-order valence-corrected chi connectivity index (χ0v) is 9.63. The highest BCUT2D eigenvalue weighted by Gasteiger charge is 2.39. The van der Waals surface area contributed by atoms with Gasteiger partial charge in [-0.1, -0.05) is 12.5 Å². The monoisotopic (exact) mass is 232 g/mol. The van der Waals surface area contributed by atoms with E-state index in [9.17, 15) is 4.79 Å². The summed E-state index contributed by atoms with van der Waals surface area (Å²) in [7, 11) is 0. The number of rotatable bonds is 2. The molecule has 1 aliphatic carbocycles. The van der Waals surface area contributed by atoms with Crippen molar-refractivity contribution >= 4 is 17.3 Å². The molecule has 4 heteroatoms. The van der Waals surface area contributed by atoms with Crippen molar-refractivity contribution in [3.05, 3.63) is 24.3 Å². The number of benzene rings is 1. The van der Waals surface area contributed by atoms with Gasteiger partial charge < -0.3 is 5.73 Å². The van der Waals surface area contributed by atoms with Gasteiger partial charge in [-0.3, -0.25) is 9.63 Å². The number of nitrogens with two attached hydrogens (primary N) is 1. The van der Waals surface area contributed by atoms with Crippen molar-refractivity contribution in [1.29, 1.82) is 0 Å². The lowest BCUT2D eigenvalue weighted by Crippen LogP contribution is -2.28. The van der Waals surface area contributed by atoms with Gasteiger partial charge in [0.2, 0.25) is 0 Å². The van der Waals surface area contributed by atoms with Crippen LogP contribution in [0, 0.1) is 5.92 Å². The van der Waals surface area contributed by atoms with E-state index in [1.807, 2.05) is 12.1 Å². The average molecular weight is 232 g/mol. The van der Waals surface area contributed by atoms with Crippen LogP contribution in [-0.2, 0) is 9.63 Å². The van der Waals surface area contributed by atoms with Crippen LogP contribution in [0.4, 0.5) is 11.4 Å². The Labute approximate surface area is 100 Å². The van der Waals surface area contributed by atoms with E-state index in [0.29, 0.717) is 18.0 Å². The maximum atomic E-state index is 11.9. The van der Waals surface area contributed by atoms with Gasteiger partial charge in [0, 0.05) is 5.69 Å². The van der Waals surface area contributed by atoms with Gasteiger partial charge >= 0.3 is 0 Å². The van der Waals surface area contributed by atoms with Gasteiger partial charge in [0.15, 0.2) is 0 Å². The summed E-state index contributed by atoms with van der Waals surface area (Å²) in [6.45, 7) is 0. The predicted octanol–water partition coefficient (Wildman–Crippen LogP) is 2.11. The van der Waals surface area contributed by atoms with Gasteiger partial charge in [-0.2, -0.15) is 5.06 Å². The van der Waals surface area contributed by atoms with E-state index in [4.69, 9.17) is 10.6 Å². The molecule has 0 aromatic heterocycles. The number of anilines is 2. The number of hydrogen-bond donors (Lipinski definition) is 1. The van der Waals surface area contributed by atoms with Crippen LogP contribution in [0.5, 0.6) is 0 Å². The van der Waals surface area contributed by atoms with Crippen LogP contribution in [0.1, 0.15) is 25.7 Å². The molecule has 1 aromatic rings. The minimum atomic E-state index is 0.0347. The minimum absolute atomic E-state index is 0.0347. The van der Waals surface area contributed by atoms with Gasteiger partial charge in [-0.15, -0.1) is 0 Å². The van der Waals surface area contributed by atoms with Crippen molar-refractivity contribution in [3.8, 4) is 0 Å². The molecule has 1 amide bonds. The molecule has 17 heavy (non-hydrogen) atoms. The minimum Gasteiger partial charge on any atom is -0.399 e. The summed E-state index contributed by atoms with van der Waals surface area (Å²) in [5.41, 5.74) is 7.09. The Morgan fingerprint density at radius 2 is 2.18 bits per heavy atom. The molecule has 90 valence electrons. The molecule has 0 spiro atoms. The van der Waals surface area contributed by atoms with Crippen LogP contribution in [-0.4, -0.2) is 12.0 Å². The molecule has 2 N–H and O–H groups in total. The van der Waals surface area contributed by atoms with E-state index in [2.05, 4.69) is 0 Å². The molecule has 1 saturated heterocycles. The Bertz CT molecular complexity index is 443. The van der Waals surface area contributed by atoms with Crippen molar-refractivity contribution in [1.82, 2.24) is 0 Å². The number of carbonyl (C=O) groups excluding carboxylic acids is 1. The molecule has 1 atom stereocenters. The SMILES string of the molecule is Nc1cccc(N2OC(C3CCC3)CC2=O)c1. The fourth-order valence-electron chi connectivity index (χ4n) is 2.41. The van der Waals surface area contributed by atoms with E-state index in [1.165, 1.54) is 24.3 Å². The molecule has 1 aliphatic heterocycles. The van der Waals surface area contributed by atoms with Crippen molar-refractivity contribution in [2.75, 3.05) is 10.8 Å². The van der Waals surface area contributed by atoms with Gasteiger partial charge in [0.25, 0.3) is 5.91 Å². The number of carbonyl (C=O) groups is 1. The number of nitrogens with zero attached hydrogens (tertiary/aromatic N) is 1. The third-order valence-corrected chi connectivity index (χ3v) is 3.62. The molecule has 1 aromatic carbocycles. The maximum absolute atomic E-state index is 11.9. The third-order valence-electron chi connectivity index (χ3n) is 3.62. The first-order chi connectivity index (χ1) is 8.24. The van der Waals surface area contributed by atoms with Crippen molar-refractivity contribution < 1.29 is 9.63 Å². The Kier molecular flexibility index (Phi) is 2.52. The number of amides is 1. The van der Waals surface area contributed by atoms with Crippen LogP contribution < -0.4 is 10.8 Å². The van der Waals surface area contributed by atoms with Gasteiger partial charge in [-0.05, 0) is 37.0 Å². The maximum Gasteiger partial charge on any atom is 0.253 e. The highest BCUT2D eigenvalue weighted by atomic mass is 16.7. The lowest BCUT2D eigenvalue weighted by molar-refractivity contribution is -0.119. The topological polar surface area (TPSA) is 55.6 Å². The quantitative estimate of drug-likeness (QED) is 0.794. The molecular formula is C13H16N2O2. The molecular weight excluding hydrogens is 216 g/mol. The molecule has 2 fully saturated rings. The molecule has 1 saturated carbocycles. The van der Waals surface area contributed by atoms with Crippen LogP contribution in [0.15, 0.2) is 24.3 Å². The Morgan fingerprint density at radius 1 is 1.35 bits per heavy atom. The number of nitrogen functional groups attached to an aromatic ring is 1. The third kappa shape index (κ3) is 1.89. The summed E-state index contributed by atoms with van der Waals surface area (Å²) in [6.07, 6.45) is 4.19. The fourth-order valence-corrected chi connectivity index (χ4v) is 2.41. The molecule has 0 bridgehead atoms. The second-order valence-electron chi connectivity index (χ2n) is 4.82. The molecule has 3 rings (SSSR count). The van der Waals surface area contributed by atoms with E-state index in [0.717, 1.165) is 5.69 Å². The second kappa shape index (κ2) is 4.04. The van der Waals surface area contributed by atoms with E-state index < -0.39 is 0 Å². The summed E-state index contributed by atoms with van der Waals surface area (Å²) < 4.78 is 0. The lowest BCUT2D eigenvalue weighted by Gasteiger charge is -2.30. The molecule has 0 radical (unpaired) electrons. The Morgan fingerprint density at radius 3 is 2.82 bits per heavy atom. The van der Waals surface area contributed by atoms with Gasteiger partial charge in [0.05, 0.1) is 18.2 Å². The second-order valence-corrected chi connectivity index (χ2v) is 4.82.